The zero-order chi connectivity index (χ0) is 13.0. The SMILES string of the molecule is CCNc1cc(N(C)CC2CCNC2)nc(C)n1. The van der Waals surface area contributed by atoms with E-state index in [0.717, 1.165) is 49.6 Å². The molecule has 1 aliphatic heterocycles. The molecule has 18 heavy (non-hydrogen) atoms. The molecule has 100 valence electrons. The molecule has 2 rings (SSSR count). The molecule has 1 fully saturated rings. The Kier molecular flexibility index (Phi) is 4.36. The highest BCUT2D eigenvalue weighted by atomic mass is 15.2. The Hall–Kier alpha value is -1.36. The summed E-state index contributed by atoms with van der Waals surface area (Å²) in [6.07, 6.45) is 1.26. The van der Waals surface area contributed by atoms with Gasteiger partial charge in [-0.1, -0.05) is 0 Å². The monoisotopic (exact) mass is 249 g/mol. The molecule has 0 spiro atoms. The summed E-state index contributed by atoms with van der Waals surface area (Å²) in [7, 11) is 2.11. The number of nitrogens with one attached hydrogen (secondary N) is 2. The fourth-order valence-corrected chi connectivity index (χ4v) is 2.37. The van der Waals surface area contributed by atoms with Crippen LogP contribution < -0.4 is 15.5 Å². The van der Waals surface area contributed by atoms with Gasteiger partial charge in [-0.2, -0.15) is 0 Å². The molecule has 1 aromatic heterocycles. The highest BCUT2D eigenvalue weighted by Gasteiger charge is 2.17. The van der Waals surface area contributed by atoms with Crippen LogP contribution in [0.25, 0.3) is 0 Å². The van der Waals surface area contributed by atoms with E-state index in [1.54, 1.807) is 0 Å². The molecule has 5 heteroatoms. The molecule has 0 saturated carbocycles. The Labute approximate surface area is 109 Å². The summed E-state index contributed by atoms with van der Waals surface area (Å²) in [6, 6.07) is 2.03. The average molecular weight is 249 g/mol. The van der Waals surface area contributed by atoms with Crippen LogP contribution in [0, 0.1) is 12.8 Å². The van der Waals surface area contributed by atoms with Gasteiger partial charge < -0.3 is 15.5 Å². The molecule has 0 aromatic carbocycles. The normalized spacial score (nSPS) is 18.9. The van der Waals surface area contributed by atoms with Gasteiger partial charge in [0.15, 0.2) is 0 Å². The fraction of sp³-hybridized carbons (Fsp3) is 0.692. The minimum Gasteiger partial charge on any atom is -0.370 e. The molecule has 2 N–H and O–H groups in total. The van der Waals surface area contributed by atoms with Crippen molar-refractivity contribution in [3.05, 3.63) is 11.9 Å². The Morgan fingerprint density at radius 3 is 3.00 bits per heavy atom. The summed E-state index contributed by atoms with van der Waals surface area (Å²) in [5.41, 5.74) is 0. The maximum Gasteiger partial charge on any atom is 0.134 e. The zero-order valence-electron chi connectivity index (χ0n) is 11.5. The molecular formula is C13H23N5. The summed E-state index contributed by atoms with van der Waals surface area (Å²) in [5.74, 6) is 3.47. The summed E-state index contributed by atoms with van der Waals surface area (Å²) in [5, 5.41) is 6.65. The van der Waals surface area contributed by atoms with Crippen LogP contribution in [0.1, 0.15) is 19.2 Å². The lowest BCUT2D eigenvalue weighted by atomic mass is 10.1. The Morgan fingerprint density at radius 2 is 2.33 bits per heavy atom. The fourth-order valence-electron chi connectivity index (χ4n) is 2.37. The van der Waals surface area contributed by atoms with E-state index >= 15 is 0 Å². The summed E-state index contributed by atoms with van der Waals surface area (Å²) in [6.45, 7) is 8.21. The van der Waals surface area contributed by atoms with Crippen molar-refractivity contribution in [2.45, 2.75) is 20.3 Å². The highest BCUT2D eigenvalue weighted by molar-refractivity contribution is 5.48. The van der Waals surface area contributed by atoms with Crippen molar-refractivity contribution in [3.8, 4) is 0 Å². The van der Waals surface area contributed by atoms with Crippen LogP contribution in [0.3, 0.4) is 0 Å². The molecule has 1 aromatic rings. The third-order valence-electron chi connectivity index (χ3n) is 3.27. The standard InChI is InChI=1S/C13H23N5/c1-4-15-12-7-13(17-10(2)16-12)18(3)9-11-5-6-14-8-11/h7,11,14H,4-6,8-9H2,1-3H3,(H,15,16,17). The largest absolute Gasteiger partial charge is 0.370 e. The minimum absolute atomic E-state index is 0.729. The van der Waals surface area contributed by atoms with Gasteiger partial charge in [-0.15, -0.1) is 0 Å². The lowest BCUT2D eigenvalue weighted by Crippen LogP contribution is -2.27. The van der Waals surface area contributed by atoms with Gasteiger partial charge in [-0.25, -0.2) is 9.97 Å². The van der Waals surface area contributed by atoms with Crippen LogP contribution in [0.15, 0.2) is 6.07 Å². The van der Waals surface area contributed by atoms with Gasteiger partial charge >= 0.3 is 0 Å². The first-order chi connectivity index (χ1) is 8.69. The summed E-state index contributed by atoms with van der Waals surface area (Å²) in [4.78, 5) is 11.1. The van der Waals surface area contributed by atoms with Gasteiger partial charge in [-0.05, 0) is 39.3 Å². The van der Waals surface area contributed by atoms with Crippen LogP contribution >= 0.6 is 0 Å². The van der Waals surface area contributed by atoms with Crippen molar-refractivity contribution in [2.24, 2.45) is 5.92 Å². The third-order valence-corrected chi connectivity index (χ3v) is 3.27. The Bertz CT molecular complexity index is 387. The molecule has 0 radical (unpaired) electrons. The van der Waals surface area contributed by atoms with Gasteiger partial charge in [0.05, 0.1) is 0 Å². The van der Waals surface area contributed by atoms with Crippen molar-refractivity contribution in [1.29, 1.82) is 0 Å². The minimum atomic E-state index is 0.729. The number of anilines is 2. The maximum absolute atomic E-state index is 4.51. The van der Waals surface area contributed by atoms with E-state index in [1.165, 1.54) is 6.42 Å². The topological polar surface area (TPSA) is 53.1 Å². The van der Waals surface area contributed by atoms with Gasteiger partial charge in [0.1, 0.15) is 17.5 Å². The van der Waals surface area contributed by atoms with Gasteiger partial charge in [0.25, 0.3) is 0 Å². The number of hydrogen-bond acceptors (Lipinski definition) is 5. The number of aromatic nitrogens is 2. The predicted octanol–water partition coefficient (Wildman–Crippen LogP) is 1.26. The number of rotatable bonds is 5. The molecule has 2 heterocycles. The second-order valence-corrected chi connectivity index (χ2v) is 4.93. The van der Waals surface area contributed by atoms with E-state index in [4.69, 9.17) is 0 Å². The van der Waals surface area contributed by atoms with Crippen molar-refractivity contribution in [3.63, 3.8) is 0 Å². The molecule has 1 atom stereocenters. The van der Waals surface area contributed by atoms with Gasteiger partial charge in [0, 0.05) is 26.2 Å². The molecule has 1 aliphatic rings. The molecule has 5 nitrogen and oxygen atoms in total. The predicted molar refractivity (Wildman–Crippen MR) is 75.2 cm³/mol. The first-order valence-electron chi connectivity index (χ1n) is 6.70. The van der Waals surface area contributed by atoms with E-state index in [0.29, 0.717) is 0 Å². The molecule has 1 saturated heterocycles. The lowest BCUT2D eigenvalue weighted by molar-refractivity contribution is 0.575. The van der Waals surface area contributed by atoms with Gasteiger partial charge in [-0.3, -0.25) is 0 Å². The highest BCUT2D eigenvalue weighted by Crippen LogP contribution is 2.17. The molecule has 1 unspecified atom stereocenters. The maximum atomic E-state index is 4.51. The van der Waals surface area contributed by atoms with Crippen molar-refractivity contribution >= 4 is 11.6 Å². The first-order valence-corrected chi connectivity index (χ1v) is 6.70. The molecule has 0 amide bonds. The van der Waals surface area contributed by atoms with E-state index < -0.39 is 0 Å². The van der Waals surface area contributed by atoms with Crippen LogP contribution in [-0.2, 0) is 0 Å². The zero-order valence-corrected chi connectivity index (χ0v) is 11.5. The van der Waals surface area contributed by atoms with Crippen molar-refractivity contribution < 1.29 is 0 Å². The van der Waals surface area contributed by atoms with Crippen LogP contribution in [0.2, 0.25) is 0 Å². The second-order valence-electron chi connectivity index (χ2n) is 4.93. The quantitative estimate of drug-likeness (QED) is 0.823. The molecule has 0 aliphatic carbocycles. The Balaban J connectivity index is 2.05. The van der Waals surface area contributed by atoms with Crippen molar-refractivity contribution in [1.82, 2.24) is 15.3 Å². The van der Waals surface area contributed by atoms with Crippen LogP contribution in [-0.4, -0.2) is 43.2 Å². The molecular weight excluding hydrogens is 226 g/mol. The lowest BCUT2D eigenvalue weighted by Gasteiger charge is -2.22. The Morgan fingerprint density at radius 1 is 1.50 bits per heavy atom. The van der Waals surface area contributed by atoms with Crippen molar-refractivity contribution in [2.75, 3.05) is 43.4 Å². The van der Waals surface area contributed by atoms with Gasteiger partial charge in [0.2, 0.25) is 0 Å². The second kappa shape index (κ2) is 6.00. The van der Waals surface area contributed by atoms with E-state index in [1.807, 2.05) is 13.0 Å². The first kappa shape index (κ1) is 13.1. The number of aryl methyl sites for hydroxylation is 1. The molecule has 0 bridgehead atoms. The number of hydrogen-bond donors (Lipinski definition) is 2. The average Bonchev–Trinajstić information content (AvgIpc) is 2.81. The summed E-state index contributed by atoms with van der Waals surface area (Å²) >= 11 is 0. The van der Waals surface area contributed by atoms with E-state index in [-0.39, 0.29) is 0 Å². The van der Waals surface area contributed by atoms with E-state index in [2.05, 4.69) is 39.5 Å². The number of nitrogens with zero attached hydrogens (tertiary/aromatic N) is 3. The summed E-state index contributed by atoms with van der Waals surface area (Å²) < 4.78 is 0. The van der Waals surface area contributed by atoms with Crippen LogP contribution in [0.5, 0.6) is 0 Å². The van der Waals surface area contributed by atoms with Crippen LogP contribution in [0.4, 0.5) is 11.6 Å². The smallest absolute Gasteiger partial charge is 0.134 e. The van der Waals surface area contributed by atoms with E-state index in [9.17, 15) is 0 Å². The third kappa shape index (κ3) is 3.32.